The maximum Gasteiger partial charge on any atom is 0.450 e. The minimum absolute atomic E-state index is 0.0882. The topological polar surface area (TPSA) is 42.0 Å². The molecule has 0 aliphatic carbocycles. The largest absolute Gasteiger partial charge is 0.466 e. The fourth-order valence-electron chi connectivity index (χ4n) is 2.57. The summed E-state index contributed by atoms with van der Waals surface area (Å²) in [5, 5.41) is 1.32. The molecule has 1 amide bonds. The molecule has 1 aromatic rings. The van der Waals surface area contributed by atoms with Crippen LogP contribution in [0, 0.1) is 0 Å². The van der Waals surface area contributed by atoms with Crippen LogP contribution in [0.2, 0.25) is 0 Å². The Morgan fingerprint density at radius 3 is 2.38 bits per heavy atom. The molecule has 2 heterocycles. The van der Waals surface area contributed by atoms with E-state index in [9.17, 15) is 18.0 Å². The van der Waals surface area contributed by atoms with Gasteiger partial charge in [0.2, 0.25) is 11.7 Å². The van der Waals surface area contributed by atoms with Crippen LogP contribution in [0.25, 0.3) is 0 Å². The second-order valence-corrected chi connectivity index (χ2v) is 6.36. The first-order valence-electron chi connectivity index (χ1n) is 7.41. The fourth-order valence-corrected chi connectivity index (χ4v) is 2.57. The molecule has 1 fully saturated rings. The third-order valence-corrected chi connectivity index (χ3v) is 3.72. The molecule has 0 spiro atoms. The Balaban J connectivity index is 1.67. The molecule has 0 N–H and O–H groups in total. The zero-order chi connectivity index (χ0) is 17.5. The van der Waals surface area contributed by atoms with Crippen LogP contribution in [0.15, 0.2) is 36.2 Å². The van der Waals surface area contributed by atoms with Gasteiger partial charge in [0.05, 0.1) is 24.8 Å². The Kier molecular flexibility index (Phi) is 3.95. The molecule has 0 radical (unpaired) electrons. The number of benzene rings is 1. The van der Waals surface area contributed by atoms with Gasteiger partial charge in [-0.05, 0) is 31.5 Å². The van der Waals surface area contributed by atoms with E-state index >= 15 is 0 Å². The summed E-state index contributed by atoms with van der Waals surface area (Å²) in [5.41, 5.74) is 0.889. The van der Waals surface area contributed by atoms with Crippen molar-refractivity contribution in [2.45, 2.75) is 38.6 Å². The van der Waals surface area contributed by atoms with E-state index in [0.29, 0.717) is 18.7 Å². The summed E-state index contributed by atoms with van der Waals surface area (Å²) in [7, 11) is 0. The van der Waals surface area contributed by atoms with Crippen molar-refractivity contribution in [3.05, 3.63) is 41.8 Å². The number of carbonyl (C=O) groups excluding carboxylic acids is 1. The summed E-state index contributed by atoms with van der Waals surface area (Å²) in [6.45, 7) is 3.79. The molecule has 0 bridgehead atoms. The zero-order valence-corrected chi connectivity index (χ0v) is 13.3. The second-order valence-electron chi connectivity index (χ2n) is 6.36. The summed E-state index contributed by atoms with van der Waals surface area (Å²) < 4.78 is 42.4. The normalized spacial score (nSPS) is 20.4. The Hall–Kier alpha value is -2.22. The number of hydrogen-bond acceptors (Lipinski definition) is 4. The zero-order valence-electron chi connectivity index (χ0n) is 13.3. The van der Waals surface area contributed by atoms with Gasteiger partial charge in [-0.2, -0.15) is 13.2 Å². The van der Waals surface area contributed by atoms with Crippen molar-refractivity contribution < 1.29 is 27.5 Å². The summed E-state index contributed by atoms with van der Waals surface area (Å²) in [6.07, 6.45) is -3.24. The smallest absolute Gasteiger partial charge is 0.450 e. The molecule has 1 aromatic carbocycles. The lowest BCUT2D eigenvalue weighted by molar-refractivity contribution is -0.195. The number of carbonyl (C=O) groups is 1. The molecule has 0 saturated carbocycles. The quantitative estimate of drug-likeness (QED) is 0.845. The number of anilines is 1. The number of hydroxylamine groups is 2. The number of allylic oxidation sites excluding steroid dienone is 1. The van der Waals surface area contributed by atoms with Crippen LogP contribution < -0.4 is 4.90 Å². The fraction of sp³-hybridized carbons (Fsp3) is 0.438. The summed E-state index contributed by atoms with van der Waals surface area (Å²) in [5.74, 6) is -1.10. The minimum Gasteiger partial charge on any atom is -0.466 e. The minimum atomic E-state index is -4.49. The third kappa shape index (κ3) is 3.48. The van der Waals surface area contributed by atoms with E-state index in [2.05, 4.69) is 4.74 Å². The van der Waals surface area contributed by atoms with Gasteiger partial charge in [-0.1, -0.05) is 12.1 Å². The van der Waals surface area contributed by atoms with Crippen molar-refractivity contribution >= 4 is 11.6 Å². The molecule has 2 aliphatic heterocycles. The van der Waals surface area contributed by atoms with E-state index in [1.165, 1.54) is 9.96 Å². The van der Waals surface area contributed by atoms with Gasteiger partial charge in [0, 0.05) is 5.69 Å². The second kappa shape index (κ2) is 5.70. The van der Waals surface area contributed by atoms with Crippen LogP contribution in [-0.4, -0.2) is 29.5 Å². The van der Waals surface area contributed by atoms with Crippen molar-refractivity contribution in [2.75, 3.05) is 11.6 Å². The van der Waals surface area contributed by atoms with Gasteiger partial charge in [-0.3, -0.25) is 9.63 Å². The van der Waals surface area contributed by atoms with E-state index < -0.39 is 17.5 Å². The number of rotatable bonds is 3. The van der Waals surface area contributed by atoms with Crippen molar-refractivity contribution in [1.29, 1.82) is 0 Å². The van der Waals surface area contributed by atoms with E-state index in [4.69, 9.17) is 4.84 Å². The molecule has 24 heavy (non-hydrogen) atoms. The van der Waals surface area contributed by atoms with Gasteiger partial charge >= 0.3 is 6.18 Å². The Labute approximate surface area is 137 Å². The van der Waals surface area contributed by atoms with Crippen molar-refractivity contribution in [3.63, 3.8) is 0 Å². The van der Waals surface area contributed by atoms with Gasteiger partial charge < -0.3 is 9.64 Å². The lowest BCUT2D eigenvalue weighted by atomic mass is 10.1. The van der Waals surface area contributed by atoms with Gasteiger partial charge in [0.1, 0.15) is 0 Å². The van der Waals surface area contributed by atoms with Crippen LogP contribution in [0.3, 0.4) is 0 Å². The molecule has 5 nitrogen and oxygen atoms in total. The Morgan fingerprint density at radius 1 is 1.21 bits per heavy atom. The average Bonchev–Trinajstić information content (AvgIpc) is 3.04. The number of hydrogen-bond donors (Lipinski definition) is 0. The maximum absolute atomic E-state index is 12.6. The third-order valence-electron chi connectivity index (χ3n) is 3.72. The molecular weight excluding hydrogens is 325 g/mol. The van der Waals surface area contributed by atoms with E-state index in [0.717, 1.165) is 11.8 Å². The van der Waals surface area contributed by atoms with E-state index in [1.54, 1.807) is 24.3 Å². The van der Waals surface area contributed by atoms with Crippen LogP contribution in [0.1, 0.15) is 25.8 Å². The molecule has 0 atom stereocenters. The first-order chi connectivity index (χ1) is 11.1. The number of halogens is 3. The number of ether oxygens (including phenoxy) is 1. The molecule has 1 saturated heterocycles. The average molecular weight is 342 g/mol. The van der Waals surface area contributed by atoms with Crippen LogP contribution in [0.5, 0.6) is 0 Å². The van der Waals surface area contributed by atoms with Gasteiger partial charge in [0.25, 0.3) is 0 Å². The number of alkyl halides is 3. The first kappa shape index (κ1) is 16.6. The van der Waals surface area contributed by atoms with Crippen molar-refractivity contribution in [3.8, 4) is 0 Å². The summed E-state index contributed by atoms with van der Waals surface area (Å²) in [4.78, 5) is 18.8. The van der Waals surface area contributed by atoms with Gasteiger partial charge in [-0.25, -0.2) is 5.06 Å². The monoisotopic (exact) mass is 342 g/mol. The number of amides is 1. The molecule has 130 valence electrons. The highest BCUT2D eigenvalue weighted by Crippen LogP contribution is 2.32. The van der Waals surface area contributed by atoms with Crippen LogP contribution in [-0.2, 0) is 20.9 Å². The molecule has 0 aromatic heterocycles. The van der Waals surface area contributed by atoms with Crippen molar-refractivity contribution in [1.82, 2.24) is 5.06 Å². The Morgan fingerprint density at radius 2 is 1.88 bits per heavy atom. The highest BCUT2D eigenvalue weighted by molar-refractivity contribution is 5.77. The predicted octanol–water partition coefficient (Wildman–Crippen LogP) is 3.33. The van der Waals surface area contributed by atoms with E-state index in [1.807, 2.05) is 13.8 Å². The lowest BCUT2D eigenvalue weighted by Gasteiger charge is -2.20. The molecule has 8 heteroatoms. The highest BCUT2D eigenvalue weighted by Gasteiger charge is 2.40. The Bertz CT molecular complexity index is 668. The van der Waals surface area contributed by atoms with Crippen LogP contribution in [0.4, 0.5) is 18.9 Å². The summed E-state index contributed by atoms with van der Waals surface area (Å²) in [6, 6.07) is 6.85. The van der Waals surface area contributed by atoms with Gasteiger partial charge in [0.15, 0.2) is 6.73 Å². The van der Waals surface area contributed by atoms with Crippen molar-refractivity contribution in [2.24, 2.45) is 0 Å². The summed E-state index contributed by atoms with van der Waals surface area (Å²) >= 11 is 0. The SMILES string of the molecule is CC1(C)CC(=O)N(Cc2ccc(N3C=C(C(F)(F)F)OC3)cc2)O1. The molecule has 3 rings (SSSR count). The maximum atomic E-state index is 12.6. The van der Waals surface area contributed by atoms with Crippen LogP contribution >= 0.6 is 0 Å². The van der Waals surface area contributed by atoms with Gasteiger partial charge in [-0.15, -0.1) is 0 Å². The lowest BCUT2D eigenvalue weighted by Crippen LogP contribution is -2.25. The number of nitrogens with zero attached hydrogens (tertiary/aromatic N) is 2. The highest BCUT2D eigenvalue weighted by atomic mass is 19.4. The molecule has 0 unspecified atom stereocenters. The standard InChI is InChI=1S/C16H17F3N2O3/c1-15(2)7-14(22)21(24-15)8-11-3-5-12(6-4-11)20-9-13(23-10-20)16(17,18)19/h3-6,9H,7-8,10H2,1-2H3. The predicted molar refractivity (Wildman–Crippen MR) is 79.3 cm³/mol. The van der Waals surface area contributed by atoms with E-state index in [-0.39, 0.29) is 12.6 Å². The first-order valence-corrected chi connectivity index (χ1v) is 7.41. The molecular formula is C16H17F3N2O3. The molecule has 2 aliphatic rings.